The molecule has 8 heteroatoms. The SMILES string of the molecule is COc1ccccc1NC(=O)c1ccc(NC(=O)CN2CCN(c3ccccc3Cl)CC2)cc1. The van der Waals surface area contributed by atoms with Gasteiger partial charge >= 0.3 is 0 Å². The smallest absolute Gasteiger partial charge is 0.255 e. The summed E-state index contributed by atoms with van der Waals surface area (Å²) in [6.07, 6.45) is 0. The van der Waals surface area contributed by atoms with Gasteiger partial charge in [-0.1, -0.05) is 35.9 Å². The standard InChI is InChI=1S/C26H27ClN4O3/c1-34-24-9-5-3-7-22(24)29-26(33)19-10-12-20(13-11-19)28-25(32)18-30-14-16-31(17-15-30)23-8-4-2-6-21(23)27/h2-13H,14-18H2,1H3,(H,28,32)(H,29,33). The number of amides is 2. The maximum Gasteiger partial charge on any atom is 0.255 e. The molecule has 1 saturated heterocycles. The summed E-state index contributed by atoms with van der Waals surface area (Å²) < 4.78 is 5.27. The molecule has 1 aliphatic rings. The molecule has 3 aromatic carbocycles. The first kappa shape index (κ1) is 23.6. The van der Waals surface area contributed by atoms with Crippen molar-refractivity contribution in [3.05, 3.63) is 83.4 Å². The van der Waals surface area contributed by atoms with Crippen molar-refractivity contribution in [3.63, 3.8) is 0 Å². The molecule has 7 nitrogen and oxygen atoms in total. The van der Waals surface area contributed by atoms with Gasteiger partial charge in [0.1, 0.15) is 5.75 Å². The van der Waals surface area contributed by atoms with Gasteiger partial charge in [0.05, 0.1) is 30.1 Å². The van der Waals surface area contributed by atoms with Crippen molar-refractivity contribution in [2.75, 3.05) is 55.4 Å². The zero-order valence-corrected chi connectivity index (χ0v) is 19.7. The van der Waals surface area contributed by atoms with E-state index >= 15 is 0 Å². The summed E-state index contributed by atoms with van der Waals surface area (Å²) in [6, 6.07) is 21.9. The minimum atomic E-state index is -0.251. The Hall–Kier alpha value is -3.55. The lowest BCUT2D eigenvalue weighted by Crippen LogP contribution is -2.48. The number of carbonyl (C=O) groups is 2. The monoisotopic (exact) mass is 478 g/mol. The van der Waals surface area contributed by atoms with Gasteiger partial charge in [0.25, 0.3) is 5.91 Å². The number of piperazine rings is 1. The first-order chi connectivity index (χ1) is 16.5. The Balaban J connectivity index is 1.26. The molecule has 0 spiro atoms. The molecule has 176 valence electrons. The average Bonchev–Trinajstić information content (AvgIpc) is 2.85. The molecule has 1 aliphatic heterocycles. The molecule has 0 bridgehead atoms. The van der Waals surface area contributed by atoms with Crippen LogP contribution in [0.25, 0.3) is 0 Å². The van der Waals surface area contributed by atoms with Crippen molar-refractivity contribution in [3.8, 4) is 5.75 Å². The van der Waals surface area contributed by atoms with Gasteiger partial charge in [-0.3, -0.25) is 14.5 Å². The van der Waals surface area contributed by atoms with E-state index in [-0.39, 0.29) is 11.8 Å². The summed E-state index contributed by atoms with van der Waals surface area (Å²) in [5.74, 6) is 0.253. The van der Waals surface area contributed by atoms with Crippen LogP contribution >= 0.6 is 11.6 Å². The number of nitrogens with one attached hydrogen (secondary N) is 2. The number of anilines is 3. The Kier molecular flexibility index (Phi) is 7.67. The molecule has 34 heavy (non-hydrogen) atoms. The van der Waals surface area contributed by atoms with Crippen molar-refractivity contribution in [1.82, 2.24) is 4.90 Å². The molecule has 0 atom stereocenters. The third-order valence-electron chi connectivity index (χ3n) is 5.72. The van der Waals surface area contributed by atoms with Crippen LogP contribution in [0.5, 0.6) is 5.75 Å². The van der Waals surface area contributed by atoms with Crippen LogP contribution in [0.3, 0.4) is 0 Å². The lowest BCUT2D eigenvalue weighted by Gasteiger charge is -2.36. The minimum Gasteiger partial charge on any atom is -0.495 e. The van der Waals surface area contributed by atoms with E-state index in [1.54, 1.807) is 43.5 Å². The lowest BCUT2D eigenvalue weighted by molar-refractivity contribution is -0.117. The number of para-hydroxylation sites is 3. The van der Waals surface area contributed by atoms with Crippen molar-refractivity contribution in [1.29, 1.82) is 0 Å². The Morgan fingerprint density at radius 2 is 1.56 bits per heavy atom. The fourth-order valence-electron chi connectivity index (χ4n) is 3.91. The number of rotatable bonds is 7. The topological polar surface area (TPSA) is 73.9 Å². The molecule has 3 aromatic rings. The zero-order valence-electron chi connectivity index (χ0n) is 19.0. The van der Waals surface area contributed by atoms with Crippen molar-refractivity contribution in [2.45, 2.75) is 0 Å². The third kappa shape index (κ3) is 5.87. The van der Waals surface area contributed by atoms with Crippen molar-refractivity contribution < 1.29 is 14.3 Å². The van der Waals surface area contributed by atoms with Crippen LogP contribution < -0.4 is 20.3 Å². The molecule has 0 aromatic heterocycles. The van der Waals surface area contributed by atoms with E-state index in [1.807, 2.05) is 36.4 Å². The van der Waals surface area contributed by atoms with Gasteiger partial charge in [0, 0.05) is 37.4 Å². The fourth-order valence-corrected chi connectivity index (χ4v) is 4.16. The first-order valence-corrected chi connectivity index (χ1v) is 11.5. The van der Waals surface area contributed by atoms with Crippen LogP contribution in [-0.4, -0.2) is 56.5 Å². The quantitative estimate of drug-likeness (QED) is 0.527. The molecule has 0 unspecified atom stereocenters. The molecular formula is C26H27ClN4O3. The van der Waals surface area contributed by atoms with E-state index < -0.39 is 0 Å². The second kappa shape index (κ2) is 11.0. The zero-order chi connectivity index (χ0) is 23.9. The summed E-state index contributed by atoms with van der Waals surface area (Å²) in [5, 5.41) is 6.49. The molecule has 0 saturated carbocycles. The van der Waals surface area contributed by atoms with Gasteiger partial charge in [-0.2, -0.15) is 0 Å². The maximum atomic E-state index is 12.6. The number of benzene rings is 3. The Morgan fingerprint density at radius 3 is 2.26 bits per heavy atom. The maximum absolute atomic E-state index is 12.6. The predicted molar refractivity (Wildman–Crippen MR) is 136 cm³/mol. The number of carbonyl (C=O) groups excluding carboxylic acids is 2. The molecular weight excluding hydrogens is 452 g/mol. The van der Waals surface area contributed by atoms with Crippen LogP contribution in [0.15, 0.2) is 72.8 Å². The predicted octanol–water partition coefficient (Wildman–Crippen LogP) is 4.36. The minimum absolute atomic E-state index is 0.0857. The van der Waals surface area contributed by atoms with Crippen LogP contribution in [-0.2, 0) is 4.79 Å². The number of methoxy groups -OCH3 is 1. The second-order valence-corrected chi connectivity index (χ2v) is 8.40. The number of hydrogen-bond donors (Lipinski definition) is 2. The number of ether oxygens (including phenoxy) is 1. The summed E-state index contributed by atoms with van der Waals surface area (Å²) >= 11 is 6.30. The number of hydrogen-bond acceptors (Lipinski definition) is 5. The van der Waals surface area contributed by atoms with Gasteiger partial charge in [-0.15, -0.1) is 0 Å². The summed E-state index contributed by atoms with van der Waals surface area (Å²) in [4.78, 5) is 29.5. The third-order valence-corrected chi connectivity index (χ3v) is 6.04. The molecule has 1 fully saturated rings. The Labute approximate surface area is 204 Å². The highest BCUT2D eigenvalue weighted by Crippen LogP contribution is 2.26. The van der Waals surface area contributed by atoms with Gasteiger partial charge < -0.3 is 20.3 Å². The summed E-state index contributed by atoms with van der Waals surface area (Å²) in [6.45, 7) is 3.49. The molecule has 0 aliphatic carbocycles. The fraction of sp³-hybridized carbons (Fsp3) is 0.231. The highest BCUT2D eigenvalue weighted by Gasteiger charge is 2.20. The molecule has 2 N–H and O–H groups in total. The Bertz CT molecular complexity index is 1140. The van der Waals surface area contributed by atoms with Gasteiger partial charge in [-0.05, 0) is 48.5 Å². The van der Waals surface area contributed by atoms with E-state index in [0.717, 1.165) is 36.9 Å². The largest absolute Gasteiger partial charge is 0.495 e. The lowest BCUT2D eigenvalue weighted by atomic mass is 10.2. The van der Waals surface area contributed by atoms with Crippen LogP contribution in [0.4, 0.5) is 17.1 Å². The van der Waals surface area contributed by atoms with E-state index in [9.17, 15) is 9.59 Å². The second-order valence-electron chi connectivity index (χ2n) is 7.99. The van der Waals surface area contributed by atoms with E-state index in [1.165, 1.54) is 0 Å². The number of halogens is 1. The Morgan fingerprint density at radius 1 is 0.882 bits per heavy atom. The summed E-state index contributed by atoms with van der Waals surface area (Å²) in [5.41, 5.74) is 2.76. The molecule has 0 radical (unpaired) electrons. The van der Waals surface area contributed by atoms with Gasteiger partial charge in [0.2, 0.25) is 5.91 Å². The van der Waals surface area contributed by atoms with Crippen LogP contribution in [0.2, 0.25) is 5.02 Å². The average molecular weight is 479 g/mol. The van der Waals surface area contributed by atoms with Crippen molar-refractivity contribution >= 4 is 40.5 Å². The van der Waals surface area contributed by atoms with E-state index in [2.05, 4.69) is 20.4 Å². The highest BCUT2D eigenvalue weighted by atomic mass is 35.5. The van der Waals surface area contributed by atoms with E-state index in [4.69, 9.17) is 16.3 Å². The van der Waals surface area contributed by atoms with Gasteiger partial charge in [0.15, 0.2) is 0 Å². The normalized spacial score (nSPS) is 13.9. The van der Waals surface area contributed by atoms with E-state index in [0.29, 0.717) is 29.2 Å². The highest BCUT2D eigenvalue weighted by molar-refractivity contribution is 6.33. The van der Waals surface area contributed by atoms with Crippen LogP contribution in [0.1, 0.15) is 10.4 Å². The summed E-state index contributed by atoms with van der Waals surface area (Å²) in [7, 11) is 1.56. The number of nitrogens with zero attached hydrogens (tertiary/aromatic N) is 2. The molecule has 2 amide bonds. The van der Waals surface area contributed by atoms with Gasteiger partial charge in [-0.25, -0.2) is 0 Å². The molecule has 1 heterocycles. The molecule has 4 rings (SSSR count). The first-order valence-electron chi connectivity index (χ1n) is 11.1. The van der Waals surface area contributed by atoms with Crippen molar-refractivity contribution in [2.24, 2.45) is 0 Å². The van der Waals surface area contributed by atoms with Crippen LogP contribution in [0, 0.1) is 0 Å².